The molecular formula is C12H11Br2FN2O. The lowest BCUT2D eigenvalue weighted by Crippen LogP contribution is -2.20. The second kappa shape index (κ2) is 5.86. The first-order chi connectivity index (χ1) is 8.60. The van der Waals surface area contributed by atoms with Crippen molar-refractivity contribution in [3.05, 3.63) is 51.1 Å². The molecule has 96 valence electrons. The van der Waals surface area contributed by atoms with E-state index in [-0.39, 0.29) is 11.9 Å². The minimum absolute atomic E-state index is 0.159. The van der Waals surface area contributed by atoms with Crippen LogP contribution in [0.2, 0.25) is 0 Å². The summed E-state index contributed by atoms with van der Waals surface area (Å²) in [6, 6.07) is 8.19. The highest BCUT2D eigenvalue weighted by Gasteiger charge is 2.14. The Balaban J connectivity index is 2.17. The molecule has 0 radical (unpaired) electrons. The normalized spacial score (nSPS) is 12.4. The molecule has 1 heterocycles. The highest BCUT2D eigenvalue weighted by molar-refractivity contribution is 9.10. The molecule has 6 heteroatoms. The number of rotatable bonds is 4. The van der Waals surface area contributed by atoms with Gasteiger partial charge in [-0.15, -0.1) is 0 Å². The van der Waals surface area contributed by atoms with Gasteiger partial charge in [0.1, 0.15) is 11.6 Å². The summed E-state index contributed by atoms with van der Waals surface area (Å²) in [5, 5.41) is 3.19. The van der Waals surface area contributed by atoms with Crippen LogP contribution >= 0.6 is 31.9 Å². The van der Waals surface area contributed by atoms with Gasteiger partial charge in [-0.1, -0.05) is 0 Å². The predicted octanol–water partition coefficient (Wildman–Crippen LogP) is 4.06. The minimum atomic E-state index is -0.300. The molecule has 1 unspecified atom stereocenters. The van der Waals surface area contributed by atoms with Crippen molar-refractivity contribution in [1.82, 2.24) is 0 Å². The molecule has 0 saturated carbocycles. The molecular weight excluding hydrogens is 367 g/mol. The van der Waals surface area contributed by atoms with Crippen LogP contribution in [0.3, 0.4) is 0 Å². The van der Waals surface area contributed by atoms with Gasteiger partial charge in [0.25, 0.3) is 0 Å². The van der Waals surface area contributed by atoms with Crippen LogP contribution < -0.4 is 11.1 Å². The first kappa shape index (κ1) is 13.6. The lowest BCUT2D eigenvalue weighted by molar-refractivity contribution is 0.463. The average Bonchev–Trinajstić information content (AvgIpc) is 2.77. The summed E-state index contributed by atoms with van der Waals surface area (Å²) in [6.45, 7) is 0.370. The van der Waals surface area contributed by atoms with Crippen LogP contribution in [0.4, 0.5) is 10.1 Å². The fourth-order valence-corrected chi connectivity index (χ4v) is 2.25. The molecule has 18 heavy (non-hydrogen) atoms. The van der Waals surface area contributed by atoms with Crippen LogP contribution in [-0.4, -0.2) is 6.54 Å². The van der Waals surface area contributed by atoms with E-state index in [9.17, 15) is 4.39 Å². The summed E-state index contributed by atoms with van der Waals surface area (Å²) in [5.41, 5.74) is 6.48. The maximum atomic E-state index is 13.1. The maximum Gasteiger partial charge on any atom is 0.169 e. The van der Waals surface area contributed by atoms with E-state index in [0.29, 0.717) is 15.7 Å². The lowest BCUT2D eigenvalue weighted by Gasteiger charge is -2.16. The Morgan fingerprint density at radius 2 is 2.06 bits per heavy atom. The van der Waals surface area contributed by atoms with E-state index in [1.165, 1.54) is 6.07 Å². The lowest BCUT2D eigenvalue weighted by atomic mass is 10.2. The van der Waals surface area contributed by atoms with E-state index in [1.807, 2.05) is 6.07 Å². The first-order valence-corrected chi connectivity index (χ1v) is 6.85. The first-order valence-electron chi connectivity index (χ1n) is 5.27. The molecule has 0 saturated heterocycles. The van der Waals surface area contributed by atoms with Crippen molar-refractivity contribution < 1.29 is 8.81 Å². The number of benzene rings is 1. The fraction of sp³-hybridized carbons (Fsp3) is 0.167. The van der Waals surface area contributed by atoms with Gasteiger partial charge in [0.05, 0.1) is 10.5 Å². The van der Waals surface area contributed by atoms with Gasteiger partial charge < -0.3 is 15.5 Å². The fourth-order valence-electron chi connectivity index (χ4n) is 1.55. The number of hydrogen-bond acceptors (Lipinski definition) is 3. The maximum absolute atomic E-state index is 13.1. The smallest absolute Gasteiger partial charge is 0.169 e. The molecule has 1 atom stereocenters. The molecule has 0 bridgehead atoms. The van der Waals surface area contributed by atoms with Crippen LogP contribution in [-0.2, 0) is 0 Å². The van der Waals surface area contributed by atoms with Crippen molar-refractivity contribution >= 4 is 37.5 Å². The van der Waals surface area contributed by atoms with Gasteiger partial charge in [-0.2, -0.15) is 0 Å². The van der Waals surface area contributed by atoms with Crippen molar-refractivity contribution in [3.8, 4) is 0 Å². The summed E-state index contributed by atoms with van der Waals surface area (Å²) in [5.74, 6) is 0.426. The molecule has 0 fully saturated rings. The molecule has 3 N–H and O–H groups in total. The average molecular weight is 378 g/mol. The topological polar surface area (TPSA) is 51.2 Å². The molecule has 0 aliphatic rings. The van der Waals surface area contributed by atoms with Crippen molar-refractivity contribution in [2.45, 2.75) is 6.04 Å². The van der Waals surface area contributed by atoms with E-state index in [1.54, 1.807) is 18.2 Å². The highest BCUT2D eigenvalue weighted by atomic mass is 79.9. The monoisotopic (exact) mass is 376 g/mol. The van der Waals surface area contributed by atoms with E-state index in [2.05, 4.69) is 37.2 Å². The third kappa shape index (κ3) is 3.13. The molecule has 3 nitrogen and oxygen atoms in total. The third-order valence-electron chi connectivity index (χ3n) is 2.43. The molecule has 0 aliphatic heterocycles. The summed E-state index contributed by atoms with van der Waals surface area (Å²) < 4.78 is 19.6. The molecule has 2 aromatic rings. The van der Waals surface area contributed by atoms with Crippen molar-refractivity contribution in [3.63, 3.8) is 0 Å². The molecule has 1 aromatic carbocycles. The second-order valence-corrected chi connectivity index (χ2v) is 5.34. The van der Waals surface area contributed by atoms with Crippen molar-refractivity contribution in [2.24, 2.45) is 5.73 Å². The number of nitrogens with one attached hydrogen (secondary N) is 1. The highest BCUT2D eigenvalue weighted by Crippen LogP contribution is 2.26. The standard InChI is InChI=1S/C12H11Br2FN2O/c13-8-5-7(1-2-9(8)15)17-10(6-16)11-3-4-12(14)18-11/h1-5,10,17H,6,16H2. The van der Waals surface area contributed by atoms with Crippen LogP contribution in [0, 0.1) is 5.82 Å². The zero-order valence-corrected chi connectivity index (χ0v) is 12.5. The Bertz CT molecular complexity index is 545. The Morgan fingerprint density at radius 3 is 2.61 bits per heavy atom. The van der Waals surface area contributed by atoms with Gasteiger partial charge in [0, 0.05) is 12.2 Å². The van der Waals surface area contributed by atoms with Crippen molar-refractivity contribution in [2.75, 3.05) is 11.9 Å². The molecule has 1 aromatic heterocycles. The zero-order valence-electron chi connectivity index (χ0n) is 9.29. The number of nitrogens with two attached hydrogens (primary N) is 1. The molecule has 0 spiro atoms. The number of anilines is 1. The summed E-state index contributed by atoms with van der Waals surface area (Å²) >= 11 is 6.38. The number of hydrogen-bond donors (Lipinski definition) is 2. The van der Waals surface area contributed by atoms with Crippen LogP contribution in [0.1, 0.15) is 11.8 Å². The second-order valence-electron chi connectivity index (χ2n) is 3.70. The Morgan fingerprint density at radius 1 is 1.28 bits per heavy atom. The van der Waals surface area contributed by atoms with Crippen LogP contribution in [0.25, 0.3) is 0 Å². The van der Waals surface area contributed by atoms with Gasteiger partial charge in [-0.25, -0.2) is 4.39 Å². The Hall–Kier alpha value is -0.850. The van der Waals surface area contributed by atoms with E-state index >= 15 is 0 Å². The molecule has 0 amide bonds. The van der Waals surface area contributed by atoms with E-state index in [0.717, 1.165) is 11.4 Å². The summed E-state index contributed by atoms with van der Waals surface area (Å²) in [6.07, 6.45) is 0. The number of furan rings is 1. The minimum Gasteiger partial charge on any atom is -0.452 e. The van der Waals surface area contributed by atoms with E-state index in [4.69, 9.17) is 10.2 Å². The van der Waals surface area contributed by atoms with Gasteiger partial charge in [-0.3, -0.25) is 0 Å². The molecule has 0 aliphatic carbocycles. The Labute approximate surface area is 121 Å². The van der Waals surface area contributed by atoms with Crippen LogP contribution in [0.5, 0.6) is 0 Å². The van der Waals surface area contributed by atoms with Crippen molar-refractivity contribution in [1.29, 1.82) is 0 Å². The molecule has 2 rings (SSSR count). The quantitative estimate of drug-likeness (QED) is 0.844. The van der Waals surface area contributed by atoms with Gasteiger partial charge >= 0.3 is 0 Å². The van der Waals surface area contributed by atoms with Gasteiger partial charge in [-0.05, 0) is 62.2 Å². The van der Waals surface area contributed by atoms with Crippen LogP contribution in [0.15, 0.2) is 43.9 Å². The Kier molecular flexibility index (Phi) is 4.42. The van der Waals surface area contributed by atoms with Gasteiger partial charge in [0.2, 0.25) is 0 Å². The van der Waals surface area contributed by atoms with E-state index < -0.39 is 0 Å². The largest absolute Gasteiger partial charge is 0.452 e. The third-order valence-corrected chi connectivity index (χ3v) is 3.47. The number of halogens is 3. The SMILES string of the molecule is NCC(Nc1ccc(F)c(Br)c1)c1ccc(Br)o1. The summed E-state index contributed by atoms with van der Waals surface area (Å²) in [4.78, 5) is 0. The van der Waals surface area contributed by atoms with Gasteiger partial charge in [0.15, 0.2) is 4.67 Å². The summed E-state index contributed by atoms with van der Waals surface area (Å²) in [7, 11) is 0. The predicted molar refractivity (Wildman–Crippen MR) is 75.9 cm³/mol. The zero-order chi connectivity index (χ0) is 13.1.